The maximum absolute atomic E-state index is 12.8. The molecule has 2 rings (SSSR count). The van der Waals surface area contributed by atoms with Crippen molar-refractivity contribution >= 4 is 44.1 Å². The predicted octanol–water partition coefficient (Wildman–Crippen LogP) is 4.62. The molecule has 0 bridgehead atoms. The maximum atomic E-state index is 12.8. The summed E-state index contributed by atoms with van der Waals surface area (Å²) in [5, 5.41) is 2.62. The molecule has 0 saturated carbocycles. The van der Waals surface area contributed by atoms with Crippen LogP contribution in [0.3, 0.4) is 0 Å². The van der Waals surface area contributed by atoms with E-state index in [0.717, 1.165) is 15.8 Å². The molecule has 0 aromatic heterocycles. The van der Waals surface area contributed by atoms with E-state index in [9.17, 15) is 4.21 Å². The molecule has 0 aliphatic rings. The van der Waals surface area contributed by atoms with Gasteiger partial charge in [-0.25, -0.2) is 0 Å². The summed E-state index contributed by atoms with van der Waals surface area (Å²) < 4.78 is 12.8. The largest absolute Gasteiger partial charge is 0.252 e. The number of rotatable bonds is 4. The van der Waals surface area contributed by atoms with Crippen LogP contribution in [-0.2, 0) is 7.96 Å². The number of benzene rings is 2. The molecule has 100 valence electrons. The van der Waals surface area contributed by atoms with Gasteiger partial charge in [0.1, 0.15) is 0 Å². The smallest absolute Gasteiger partial charge is 0.0587 e. The summed E-state index contributed by atoms with van der Waals surface area (Å²) in [6.07, 6.45) is 0. The zero-order valence-electron chi connectivity index (χ0n) is 10.2. The molecule has 0 N–H and O–H groups in total. The van der Waals surface area contributed by atoms with Crippen LogP contribution in [0.4, 0.5) is 0 Å². The maximum Gasteiger partial charge on any atom is 0.0587 e. The third-order valence-corrected chi connectivity index (χ3v) is 6.86. The van der Waals surface area contributed by atoms with Crippen LogP contribution >= 0.6 is 30.7 Å². The highest BCUT2D eigenvalue weighted by Gasteiger charge is 2.13. The van der Waals surface area contributed by atoms with Gasteiger partial charge < -0.3 is 0 Å². The van der Waals surface area contributed by atoms with Crippen LogP contribution in [0.25, 0.3) is 0 Å². The van der Waals surface area contributed by atoms with Crippen LogP contribution in [-0.4, -0.2) is 14.9 Å². The molecule has 1 nitrogen and oxygen atoms in total. The molecule has 0 aliphatic carbocycles. The summed E-state index contributed by atoms with van der Waals surface area (Å²) >= 11 is 6.88. The zero-order valence-corrected chi connectivity index (χ0v) is 14.2. The van der Waals surface area contributed by atoms with Gasteiger partial charge >= 0.3 is 0 Å². The van der Waals surface area contributed by atoms with E-state index in [4.69, 9.17) is 0 Å². The Bertz CT molecular complexity index is 632. The average Bonchev–Trinajstić information content (AvgIpc) is 2.47. The summed E-state index contributed by atoms with van der Waals surface area (Å²) in [6.45, 7) is 0. The fourth-order valence-corrected chi connectivity index (χ4v) is 5.40. The Morgan fingerprint density at radius 2 is 1.53 bits per heavy atom. The van der Waals surface area contributed by atoms with Crippen LogP contribution in [0.5, 0.6) is 0 Å². The minimum atomic E-state index is -2.31. The minimum Gasteiger partial charge on any atom is -0.252 e. The molecule has 2 aromatic carbocycles. The highest BCUT2D eigenvalue weighted by atomic mass is 79.9. The normalized spacial score (nSPS) is 15.5. The quantitative estimate of drug-likeness (QED) is 0.415. The molecular weight excluding hydrogens is 388 g/mol. The lowest BCUT2D eigenvalue weighted by atomic mass is 10.0. The molecule has 4 heteroatoms. The Kier molecular flexibility index (Phi) is 5.25. The van der Waals surface area contributed by atoms with Gasteiger partial charge in [-0.1, -0.05) is 64.5 Å². The van der Waals surface area contributed by atoms with E-state index in [-0.39, 0.29) is 5.92 Å². The number of alkyl halides is 1. The van der Waals surface area contributed by atoms with Gasteiger partial charge in [0.2, 0.25) is 0 Å². The first-order chi connectivity index (χ1) is 9.13. The van der Waals surface area contributed by atoms with Crippen LogP contribution in [0, 0.1) is 0 Å². The molecule has 0 amide bonds. The Morgan fingerprint density at radius 1 is 1.00 bits per heavy atom. The van der Waals surface area contributed by atoms with Gasteiger partial charge in [0.05, 0.1) is 7.96 Å². The lowest BCUT2D eigenvalue weighted by molar-refractivity contribution is 0.690. The molecule has 0 radical (unpaired) electrons. The summed E-state index contributed by atoms with van der Waals surface area (Å²) in [7, 11) is -2.31. The number of hydrogen-bond acceptors (Lipinski definition) is 1. The molecule has 2 unspecified atom stereocenters. The van der Waals surface area contributed by atoms with Crippen LogP contribution in [0.15, 0.2) is 65.6 Å². The first-order valence-corrected chi connectivity index (χ1v) is 10.5. The first-order valence-electron chi connectivity index (χ1n) is 5.88. The van der Waals surface area contributed by atoms with E-state index in [1.165, 1.54) is 0 Å². The van der Waals surface area contributed by atoms with Crippen molar-refractivity contribution in [1.29, 1.82) is 0 Å². The van der Waals surface area contributed by atoms with Gasteiger partial charge in [-0.05, 0) is 23.1 Å². The minimum absolute atomic E-state index is 0.105. The molecule has 0 spiro atoms. The molecule has 0 heterocycles. The zero-order chi connectivity index (χ0) is 13.7. The summed E-state index contributed by atoms with van der Waals surface area (Å²) in [5.41, 5.74) is 1.16. The topological polar surface area (TPSA) is 17.1 Å². The van der Waals surface area contributed by atoms with Crippen molar-refractivity contribution in [2.45, 2.75) is 10.8 Å². The highest BCUT2D eigenvalue weighted by Crippen LogP contribution is 2.23. The Hall–Kier alpha value is -0.580. The van der Waals surface area contributed by atoms with Gasteiger partial charge in [0.25, 0.3) is 0 Å². The van der Waals surface area contributed by atoms with Crippen molar-refractivity contribution in [2.24, 2.45) is 0 Å². The van der Waals surface area contributed by atoms with E-state index in [1.807, 2.05) is 53.9 Å². The van der Waals surface area contributed by atoms with Crippen molar-refractivity contribution in [3.05, 3.63) is 66.2 Å². The molecule has 0 saturated heterocycles. The summed E-state index contributed by atoms with van der Waals surface area (Å²) in [6, 6.07) is 19.6. The Balaban J connectivity index is 2.41. The third kappa shape index (κ3) is 3.94. The van der Waals surface area contributed by atoms with Gasteiger partial charge in [-0.2, -0.15) is 0 Å². The summed E-state index contributed by atoms with van der Waals surface area (Å²) in [5.74, 6) is 0.105. The standard InChI is InChI=1S/C15H14Br2OS/c16-11-14(13-7-3-1-4-8-13)12-19(17,18)15-9-5-2-6-10-15/h1-10,12,14H,11H2. The van der Waals surface area contributed by atoms with Gasteiger partial charge in [0.15, 0.2) is 0 Å². The van der Waals surface area contributed by atoms with Crippen LogP contribution < -0.4 is 0 Å². The first kappa shape index (κ1) is 14.8. The predicted molar refractivity (Wildman–Crippen MR) is 90.8 cm³/mol. The van der Waals surface area contributed by atoms with E-state index in [1.54, 1.807) is 0 Å². The molecule has 0 fully saturated rings. The Labute approximate surface area is 130 Å². The van der Waals surface area contributed by atoms with Crippen molar-refractivity contribution in [3.8, 4) is 0 Å². The lowest BCUT2D eigenvalue weighted by Crippen LogP contribution is -2.07. The fourth-order valence-electron chi connectivity index (χ4n) is 1.80. The lowest BCUT2D eigenvalue weighted by Gasteiger charge is -2.12. The average molecular weight is 402 g/mol. The fraction of sp³-hybridized carbons (Fsp3) is 0.133. The van der Waals surface area contributed by atoms with Crippen molar-refractivity contribution in [1.82, 2.24) is 0 Å². The van der Waals surface area contributed by atoms with Crippen molar-refractivity contribution < 1.29 is 4.21 Å². The van der Waals surface area contributed by atoms with Gasteiger partial charge in [0, 0.05) is 31.0 Å². The van der Waals surface area contributed by atoms with Gasteiger partial charge in [-0.3, -0.25) is 4.21 Å². The SMILES string of the molecule is O=S(Br)(=CC(CBr)c1ccccc1)c1ccccc1. The van der Waals surface area contributed by atoms with Crippen LogP contribution in [0.1, 0.15) is 11.5 Å². The highest BCUT2D eigenvalue weighted by molar-refractivity contribution is 9.48. The number of hydrogen-bond donors (Lipinski definition) is 0. The second-order valence-electron chi connectivity index (χ2n) is 4.15. The van der Waals surface area contributed by atoms with E-state index in [2.05, 4.69) is 42.9 Å². The third-order valence-electron chi connectivity index (χ3n) is 2.80. The summed E-state index contributed by atoms with van der Waals surface area (Å²) in [4.78, 5) is 0.803. The monoisotopic (exact) mass is 400 g/mol. The van der Waals surface area contributed by atoms with Crippen LogP contribution in [0.2, 0.25) is 0 Å². The van der Waals surface area contributed by atoms with Gasteiger partial charge in [-0.15, -0.1) is 0 Å². The van der Waals surface area contributed by atoms with E-state index in [0.29, 0.717) is 0 Å². The molecule has 0 aliphatic heterocycles. The second-order valence-corrected chi connectivity index (χ2v) is 9.48. The molecule has 2 atom stereocenters. The van der Waals surface area contributed by atoms with Crippen molar-refractivity contribution in [2.75, 3.05) is 5.33 Å². The molecule has 2 aromatic rings. The van der Waals surface area contributed by atoms with E-state index < -0.39 is 7.96 Å². The van der Waals surface area contributed by atoms with E-state index >= 15 is 0 Å². The number of halogens is 2. The molecular formula is C15H14Br2OS. The molecule has 19 heavy (non-hydrogen) atoms. The second kappa shape index (κ2) is 6.73. The van der Waals surface area contributed by atoms with Crippen molar-refractivity contribution in [3.63, 3.8) is 0 Å². The Morgan fingerprint density at radius 3 is 2.05 bits per heavy atom.